The molecule has 0 fully saturated rings. The Morgan fingerprint density at radius 3 is 2.64 bits per heavy atom. The number of halogens is 1. The molecule has 0 aliphatic heterocycles. The van der Waals surface area contributed by atoms with Crippen LogP contribution in [0.4, 0.5) is 0 Å². The van der Waals surface area contributed by atoms with Gasteiger partial charge in [-0.1, -0.05) is 11.6 Å². The standard InChI is InChI=1S/C15H22ClN5O2S2/c1-2-17-15(19-9-12-21-10-3-4-11-21)18-7-8-20-25(22,23)14-6-5-13(16)24-14/h3-6,10-11,20H,2,7-9,12H2,1H3,(H2,17,18,19). The number of sulfonamides is 1. The highest BCUT2D eigenvalue weighted by atomic mass is 35.5. The van der Waals surface area contributed by atoms with Crippen LogP contribution in [-0.4, -0.2) is 45.1 Å². The maximum absolute atomic E-state index is 12.1. The third kappa shape index (κ3) is 6.69. The summed E-state index contributed by atoms with van der Waals surface area (Å²) in [6, 6.07) is 7.01. The number of aromatic nitrogens is 1. The van der Waals surface area contributed by atoms with Crippen molar-refractivity contribution < 1.29 is 8.42 Å². The quantitative estimate of drug-likeness (QED) is 0.338. The molecule has 2 aromatic rings. The molecule has 10 heteroatoms. The van der Waals surface area contributed by atoms with E-state index >= 15 is 0 Å². The monoisotopic (exact) mass is 403 g/mol. The van der Waals surface area contributed by atoms with Gasteiger partial charge in [-0.25, -0.2) is 13.1 Å². The minimum absolute atomic E-state index is 0.207. The molecule has 0 saturated heterocycles. The van der Waals surface area contributed by atoms with Gasteiger partial charge in [0.1, 0.15) is 4.21 Å². The van der Waals surface area contributed by atoms with Gasteiger partial charge in [-0.3, -0.25) is 4.99 Å². The minimum Gasteiger partial charge on any atom is -0.357 e. The van der Waals surface area contributed by atoms with Crippen LogP contribution in [0.3, 0.4) is 0 Å². The number of guanidine groups is 1. The predicted octanol–water partition coefficient (Wildman–Crippen LogP) is 1.74. The molecule has 0 aliphatic rings. The van der Waals surface area contributed by atoms with Crippen molar-refractivity contribution in [3.63, 3.8) is 0 Å². The van der Waals surface area contributed by atoms with Crippen molar-refractivity contribution in [1.29, 1.82) is 0 Å². The van der Waals surface area contributed by atoms with Gasteiger partial charge in [0, 0.05) is 38.6 Å². The van der Waals surface area contributed by atoms with Crippen LogP contribution < -0.4 is 15.4 Å². The fourth-order valence-corrected chi connectivity index (χ4v) is 4.57. The lowest BCUT2D eigenvalue weighted by atomic mass is 10.6. The SMILES string of the molecule is CCNC(=NCCNS(=O)(=O)c1ccc(Cl)s1)NCCn1cccc1. The average molecular weight is 404 g/mol. The fourth-order valence-electron chi connectivity index (χ4n) is 2.03. The van der Waals surface area contributed by atoms with Crippen molar-refractivity contribution in [3.8, 4) is 0 Å². The largest absolute Gasteiger partial charge is 0.357 e. The zero-order valence-corrected chi connectivity index (χ0v) is 16.3. The van der Waals surface area contributed by atoms with Gasteiger partial charge in [0.2, 0.25) is 10.0 Å². The van der Waals surface area contributed by atoms with Gasteiger partial charge in [0.05, 0.1) is 10.9 Å². The smallest absolute Gasteiger partial charge is 0.250 e. The van der Waals surface area contributed by atoms with Crippen LogP contribution in [0.5, 0.6) is 0 Å². The fraction of sp³-hybridized carbons (Fsp3) is 0.400. The van der Waals surface area contributed by atoms with E-state index in [4.69, 9.17) is 11.6 Å². The molecule has 7 nitrogen and oxygen atoms in total. The van der Waals surface area contributed by atoms with E-state index in [1.807, 2.05) is 31.5 Å². The lowest BCUT2D eigenvalue weighted by molar-refractivity contribution is 0.584. The lowest BCUT2D eigenvalue weighted by Gasteiger charge is -2.12. The first-order valence-electron chi connectivity index (χ1n) is 7.89. The Morgan fingerprint density at radius 1 is 1.24 bits per heavy atom. The molecule has 2 heterocycles. The van der Waals surface area contributed by atoms with E-state index < -0.39 is 10.0 Å². The van der Waals surface area contributed by atoms with Crippen molar-refractivity contribution in [3.05, 3.63) is 41.0 Å². The highest BCUT2D eigenvalue weighted by Gasteiger charge is 2.15. The molecule has 138 valence electrons. The van der Waals surface area contributed by atoms with E-state index in [1.54, 1.807) is 6.07 Å². The highest BCUT2D eigenvalue weighted by Crippen LogP contribution is 2.25. The Morgan fingerprint density at radius 2 is 2.00 bits per heavy atom. The molecule has 0 aromatic carbocycles. The second kappa shape index (κ2) is 9.81. The van der Waals surface area contributed by atoms with Crippen LogP contribution in [0.2, 0.25) is 4.34 Å². The van der Waals surface area contributed by atoms with E-state index in [1.165, 1.54) is 6.07 Å². The van der Waals surface area contributed by atoms with Crippen molar-refractivity contribution in [2.75, 3.05) is 26.2 Å². The number of hydrogen-bond donors (Lipinski definition) is 3. The molecule has 0 radical (unpaired) electrons. The molecule has 0 aliphatic carbocycles. The Hall–Kier alpha value is -1.55. The number of nitrogens with zero attached hydrogens (tertiary/aromatic N) is 2. The van der Waals surface area contributed by atoms with Gasteiger partial charge in [-0.15, -0.1) is 11.3 Å². The molecule has 2 aromatic heterocycles. The predicted molar refractivity (Wildman–Crippen MR) is 103 cm³/mol. The molecule has 0 saturated carbocycles. The zero-order chi connectivity index (χ0) is 18.1. The summed E-state index contributed by atoms with van der Waals surface area (Å²) in [7, 11) is -3.53. The highest BCUT2D eigenvalue weighted by molar-refractivity contribution is 7.91. The number of aliphatic imine (C=N–C) groups is 1. The van der Waals surface area contributed by atoms with Crippen molar-refractivity contribution in [1.82, 2.24) is 19.9 Å². The lowest BCUT2D eigenvalue weighted by Crippen LogP contribution is -2.39. The molecule has 25 heavy (non-hydrogen) atoms. The first kappa shape index (κ1) is 19.8. The number of rotatable bonds is 9. The van der Waals surface area contributed by atoms with Crippen molar-refractivity contribution >= 4 is 38.9 Å². The molecule has 0 spiro atoms. The Labute approximate surface area is 157 Å². The summed E-state index contributed by atoms with van der Waals surface area (Å²) < 4.78 is 29.4. The van der Waals surface area contributed by atoms with E-state index in [0.29, 0.717) is 16.8 Å². The van der Waals surface area contributed by atoms with Crippen LogP contribution in [0, 0.1) is 0 Å². The summed E-state index contributed by atoms with van der Waals surface area (Å²) in [6.07, 6.45) is 3.99. The third-order valence-corrected chi connectivity index (χ3v) is 6.34. The summed E-state index contributed by atoms with van der Waals surface area (Å²) in [6.45, 7) is 4.80. The summed E-state index contributed by atoms with van der Waals surface area (Å²) in [4.78, 5) is 4.37. The van der Waals surface area contributed by atoms with Crippen LogP contribution in [0.1, 0.15) is 6.92 Å². The molecule has 3 N–H and O–H groups in total. The van der Waals surface area contributed by atoms with Crippen LogP contribution >= 0.6 is 22.9 Å². The van der Waals surface area contributed by atoms with Gasteiger partial charge in [-0.05, 0) is 31.2 Å². The van der Waals surface area contributed by atoms with Gasteiger partial charge in [0.25, 0.3) is 0 Å². The van der Waals surface area contributed by atoms with E-state index in [2.05, 4.69) is 24.9 Å². The Kier molecular flexibility index (Phi) is 7.76. The topological polar surface area (TPSA) is 87.5 Å². The second-order valence-corrected chi connectivity index (χ2v) is 8.77. The zero-order valence-electron chi connectivity index (χ0n) is 13.9. The van der Waals surface area contributed by atoms with Gasteiger partial charge in [0.15, 0.2) is 5.96 Å². The Balaban J connectivity index is 1.78. The average Bonchev–Trinajstić information content (AvgIpc) is 3.23. The summed E-state index contributed by atoms with van der Waals surface area (Å²) in [5.41, 5.74) is 0. The van der Waals surface area contributed by atoms with Gasteiger partial charge in [-0.2, -0.15) is 0 Å². The molecule has 0 unspecified atom stereocenters. The van der Waals surface area contributed by atoms with Crippen LogP contribution in [0.25, 0.3) is 0 Å². The number of nitrogens with one attached hydrogen (secondary N) is 3. The van der Waals surface area contributed by atoms with E-state index in [-0.39, 0.29) is 10.8 Å². The molecular weight excluding hydrogens is 382 g/mol. The first-order valence-corrected chi connectivity index (χ1v) is 10.6. The third-order valence-electron chi connectivity index (χ3n) is 3.16. The Bertz CT molecular complexity index is 772. The van der Waals surface area contributed by atoms with Gasteiger partial charge < -0.3 is 15.2 Å². The molecule has 0 atom stereocenters. The maximum Gasteiger partial charge on any atom is 0.250 e. The van der Waals surface area contributed by atoms with E-state index in [9.17, 15) is 8.42 Å². The molecule has 0 bridgehead atoms. The van der Waals surface area contributed by atoms with Crippen LogP contribution in [-0.2, 0) is 16.6 Å². The summed E-state index contributed by atoms with van der Waals surface area (Å²) in [5.74, 6) is 0.660. The number of hydrogen-bond acceptors (Lipinski definition) is 4. The second-order valence-electron chi connectivity index (χ2n) is 5.06. The minimum atomic E-state index is -3.53. The summed E-state index contributed by atoms with van der Waals surface area (Å²) in [5, 5.41) is 6.35. The first-order chi connectivity index (χ1) is 12.0. The maximum atomic E-state index is 12.1. The van der Waals surface area contributed by atoms with Crippen LogP contribution in [0.15, 0.2) is 45.9 Å². The van der Waals surface area contributed by atoms with E-state index in [0.717, 1.165) is 31.0 Å². The number of thiophene rings is 1. The summed E-state index contributed by atoms with van der Waals surface area (Å²) >= 11 is 6.80. The normalized spacial score (nSPS) is 12.3. The molecule has 0 amide bonds. The molecule has 2 rings (SSSR count). The van der Waals surface area contributed by atoms with Gasteiger partial charge >= 0.3 is 0 Å². The molecular formula is C15H22ClN5O2S2. The van der Waals surface area contributed by atoms with Crippen molar-refractivity contribution in [2.45, 2.75) is 17.7 Å². The van der Waals surface area contributed by atoms with Crippen molar-refractivity contribution in [2.24, 2.45) is 4.99 Å².